The second-order valence-electron chi connectivity index (χ2n) is 3.24. The summed E-state index contributed by atoms with van der Waals surface area (Å²) < 4.78 is 5.28. The molecule has 0 amide bonds. The van der Waals surface area contributed by atoms with E-state index in [-0.39, 0.29) is 0 Å². The summed E-state index contributed by atoms with van der Waals surface area (Å²) in [5.74, 6) is 0.838. The second kappa shape index (κ2) is 3.17. The normalized spacial score (nSPS) is 14.5. The zero-order valence-electron chi connectivity index (χ0n) is 7.76. The molecular formula is C10H14N2O. The molecule has 70 valence electrons. The lowest BCUT2D eigenvalue weighted by molar-refractivity contribution is 0.411. The average Bonchev–Trinajstić information content (AvgIpc) is 2.18. The van der Waals surface area contributed by atoms with Gasteiger partial charge in [-0.3, -0.25) is 0 Å². The minimum atomic E-state index is 0.727. The molecule has 1 aliphatic rings. The molecule has 2 rings (SSSR count). The van der Waals surface area contributed by atoms with Crippen molar-refractivity contribution in [3.05, 3.63) is 17.7 Å². The summed E-state index contributed by atoms with van der Waals surface area (Å²) in [7, 11) is 1.67. The molecule has 0 aliphatic carbocycles. The number of benzene rings is 1. The molecule has 0 atom stereocenters. The van der Waals surface area contributed by atoms with Gasteiger partial charge in [-0.1, -0.05) is 0 Å². The van der Waals surface area contributed by atoms with Gasteiger partial charge >= 0.3 is 0 Å². The lowest BCUT2D eigenvalue weighted by Crippen LogP contribution is -2.13. The maximum atomic E-state index is 5.80. The fraction of sp³-hybridized carbons (Fsp3) is 0.400. The van der Waals surface area contributed by atoms with Crippen LogP contribution in [0.2, 0.25) is 0 Å². The number of nitrogens with one attached hydrogen (secondary N) is 1. The van der Waals surface area contributed by atoms with Gasteiger partial charge in [0.2, 0.25) is 0 Å². The first kappa shape index (κ1) is 8.23. The lowest BCUT2D eigenvalue weighted by Gasteiger charge is -2.21. The van der Waals surface area contributed by atoms with Crippen molar-refractivity contribution in [3.63, 3.8) is 0 Å². The monoisotopic (exact) mass is 178 g/mol. The van der Waals surface area contributed by atoms with E-state index < -0.39 is 0 Å². The van der Waals surface area contributed by atoms with Crippen LogP contribution >= 0.6 is 0 Å². The number of fused-ring (bicyclic) bond motifs is 1. The van der Waals surface area contributed by atoms with Gasteiger partial charge in [-0.05, 0) is 25.0 Å². The van der Waals surface area contributed by atoms with E-state index in [1.165, 1.54) is 5.56 Å². The van der Waals surface area contributed by atoms with Gasteiger partial charge in [-0.25, -0.2) is 0 Å². The third kappa shape index (κ3) is 1.30. The summed E-state index contributed by atoms with van der Waals surface area (Å²) >= 11 is 0. The highest BCUT2D eigenvalue weighted by atomic mass is 16.5. The number of methoxy groups -OCH3 is 1. The van der Waals surface area contributed by atoms with Gasteiger partial charge in [0, 0.05) is 17.8 Å². The average molecular weight is 178 g/mol. The fourth-order valence-electron chi connectivity index (χ4n) is 1.79. The second-order valence-corrected chi connectivity index (χ2v) is 3.24. The highest BCUT2D eigenvalue weighted by molar-refractivity contribution is 5.68. The molecule has 1 aromatic rings. The third-order valence-electron chi connectivity index (χ3n) is 2.41. The largest absolute Gasteiger partial charge is 0.494 e. The van der Waals surface area contributed by atoms with Gasteiger partial charge in [0.1, 0.15) is 5.75 Å². The Morgan fingerprint density at radius 3 is 3.08 bits per heavy atom. The number of hydrogen-bond donors (Lipinski definition) is 2. The van der Waals surface area contributed by atoms with Crippen LogP contribution in [0.5, 0.6) is 5.75 Å². The van der Waals surface area contributed by atoms with Crippen LogP contribution in [0.15, 0.2) is 12.1 Å². The molecule has 1 aromatic carbocycles. The maximum absolute atomic E-state index is 5.80. The third-order valence-corrected chi connectivity index (χ3v) is 2.41. The van der Waals surface area contributed by atoms with E-state index in [9.17, 15) is 0 Å². The number of hydrogen-bond acceptors (Lipinski definition) is 3. The van der Waals surface area contributed by atoms with E-state index in [0.717, 1.165) is 36.5 Å². The molecule has 0 saturated heterocycles. The van der Waals surface area contributed by atoms with Crippen LogP contribution in [-0.4, -0.2) is 13.7 Å². The molecule has 0 spiro atoms. The Morgan fingerprint density at radius 1 is 1.46 bits per heavy atom. The highest BCUT2D eigenvalue weighted by Gasteiger charge is 2.15. The first-order chi connectivity index (χ1) is 6.33. The van der Waals surface area contributed by atoms with Gasteiger partial charge in [0.25, 0.3) is 0 Å². The molecule has 1 heterocycles. The van der Waals surface area contributed by atoms with Crippen molar-refractivity contribution >= 4 is 11.4 Å². The number of ether oxygens (including phenoxy) is 1. The Morgan fingerprint density at radius 2 is 2.31 bits per heavy atom. The van der Waals surface area contributed by atoms with Crippen molar-refractivity contribution in [3.8, 4) is 5.75 Å². The highest BCUT2D eigenvalue weighted by Crippen LogP contribution is 2.35. The quantitative estimate of drug-likeness (QED) is 0.642. The zero-order valence-corrected chi connectivity index (χ0v) is 7.76. The van der Waals surface area contributed by atoms with Crippen LogP contribution in [0.25, 0.3) is 0 Å². The van der Waals surface area contributed by atoms with Gasteiger partial charge < -0.3 is 15.8 Å². The van der Waals surface area contributed by atoms with Gasteiger partial charge in [-0.2, -0.15) is 0 Å². The number of nitrogens with two attached hydrogens (primary N) is 1. The Balaban J connectivity index is 2.52. The molecule has 3 nitrogen and oxygen atoms in total. The predicted molar refractivity (Wildman–Crippen MR) is 54.2 cm³/mol. The molecule has 0 unspecified atom stereocenters. The molecule has 3 heteroatoms. The van der Waals surface area contributed by atoms with Crippen molar-refractivity contribution in [2.45, 2.75) is 12.8 Å². The summed E-state index contributed by atoms with van der Waals surface area (Å²) in [5, 5.41) is 3.33. The van der Waals surface area contributed by atoms with Gasteiger partial charge in [0.15, 0.2) is 0 Å². The summed E-state index contributed by atoms with van der Waals surface area (Å²) in [4.78, 5) is 0. The molecule has 0 saturated carbocycles. The van der Waals surface area contributed by atoms with E-state index >= 15 is 0 Å². The number of nitrogen functional groups attached to an aromatic ring is 1. The Bertz CT molecular complexity index is 323. The van der Waals surface area contributed by atoms with Crippen molar-refractivity contribution in [1.82, 2.24) is 0 Å². The summed E-state index contributed by atoms with van der Waals surface area (Å²) in [6.45, 7) is 1.04. The minimum Gasteiger partial charge on any atom is -0.494 e. The van der Waals surface area contributed by atoms with E-state index in [4.69, 9.17) is 10.5 Å². The van der Waals surface area contributed by atoms with Gasteiger partial charge in [-0.15, -0.1) is 0 Å². The van der Waals surface area contributed by atoms with Gasteiger partial charge in [0.05, 0.1) is 12.8 Å². The first-order valence-corrected chi connectivity index (χ1v) is 4.52. The smallest absolute Gasteiger partial charge is 0.146 e. The molecule has 0 radical (unpaired) electrons. The van der Waals surface area contributed by atoms with Crippen LogP contribution in [0.3, 0.4) is 0 Å². The topological polar surface area (TPSA) is 47.3 Å². The Labute approximate surface area is 77.9 Å². The maximum Gasteiger partial charge on any atom is 0.146 e. The molecular weight excluding hydrogens is 164 g/mol. The molecule has 3 N–H and O–H groups in total. The standard InChI is InChI=1S/C10H14N2O/c1-13-10-7-3-2-6-12-9(7)5-4-8(10)11/h4-5,12H,2-3,6,11H2,1H3. The van der Waals surface area contributed by atoms with Crippen LogP contribution in [0, 0.1) is 0 Å². The van der Waals surface area contributed by atoms with Crippen molar-refractivity contribution in [1.29, 1.82) is 0 Å². The molecule has 1 aliphatic heterocycles. The lowest BCUT2D eigenvalue weighted by atomic mass is 10.0. The van der Waals surface area contributed by atoms with Crippen molar-refractivity contribution < 1.29 is 4.74 Å². The SMILES string of the molecule is COc1c(N)ccc2c1CCCN2. The molecule has 0 fully saturated rings. The van der Waals surface area contributed by atoms with Crippen LogP contribution < -0.4 is 15.8 Å². The van der Waals surface area contributed by atoms with E-state index in [0.29, 0.717) is 0 Å². The molecule has 0 aromatic heterocycles. The van der Waals surface area contributed by atoms with Crippen LogP contribution in [0.4, 0.5) is 11.4 Å². The first-order valence-electron chi connectivity index (χ1n) is 4.52. The number of anilines is 2. The summed E-state index contributed by atoms with van der Waals surface area (Å²) in [6, 6.07) is 3.91. The van der Waals surface area contributed by atoms with E-state index in [1.54, 1.807) is 7.11 Å². The van der Waals surface area contributed by atoms with Crippen molar-refractivity contribution in [2.24, 2.45) is 0 Å². The Hall–Kier alpha value is -1.38. The molecule has 0 bridgehead atoms. The van der Waals surface area contributed by atoms with Crippen molar-refractivity contribution in [2.75, 3.05) is 24.7 Å². The summed E-state index contributed by atoms with van der Waals surface area (Å²) in [6.07, 6.45) is 2.20. The van der Waals surface area contributed by atoms with E-state index in [2.05, 4.69) is 5.32 Å². The minimum absolute atomic E-state index is 0.727. The Kier molecular flexibility index (Phi) is 2.00. The zero-order chi connectivity index (χ0) is 9.26. The van der Waals surface area contributed by atoms with Crippen LogP contribution in [0.1, 0.15) is 12.0 Å². The van der Waals surface area contributed by atoms with E-state index in [1.807, 2.05) is 12.1 Å². The summed E-state index contributed by atoms with van der Waals surface area (Å²) in [5.41, 5.74) is 8.91. The number of rotatable bonds is 1. The predicted octanol–water partition coefficient (Wildman–Crippen LogP) is 1.64. The molecule has 13 heavy (non-hydrogen) atoms. The fourth-order valence-corrected chi connectivity index (χ4v) is 1.79. The van der Waals surface area contributed by atoms with Crippen LogP contribution in [-0.2, 0) is 6.42 Å².